The maximum Gasteiger partial charge on any atom is 0.251 e. The Kier molecular flexibility index (Phi) is 4.90. The highest BCUT2D eigenvalue weighted by atomic mass is 16.5. The molecule has 0 aliphatic carbocycles. The van der Waals surface area contributed by atoms with E-state index in [1.807, 2.05) is 12.1 Å². The molecule has 0 N–H and O–H groups in total. The van der Waals surface area contributed by atoms with Crippen LogP contribution in [0.4, 0.5) is 0 Å². The summed E-state index contributed by atoms with van der Waals surface area (Å²) < 4.78 is 11.2. The Morgan fingerprint density at radius 3 is 2.56 bits per heavy atom. The van der Waals surface area contributed by atoms with Gasteiger partial charge in [-0.2, -0.15) is 0 Å². The average Bonchev–Trinajstić information content (AvgIpc) is 3.25. The highest BCUT2D eigenvalue weighted by Gasteiger charge is 2.27. The molecule has 0 radical (unpaired) electrons. The maximum atomic E-state index is 12.3. The largest absolute Gasteiger partial charge is 0.419 e. The third kappa shape index (κ3) is 4.07. The normalized spacial score (nSPS) is 17.7. The number of nitrogens with zero attached hydrogens (tertiary/aromatic N) is 3. The van der Waals surface area contributed by atoms with Crippen LogP contribution in [0.25, 0.3) is 11.5 Å². The molecule has 1 aliphatic rings. The predicted octanol–water partition coefficient (Wildman–Crippen LogP) is 3.17. The van der Waals surface area contributed by atoms with Gasteiger partial charge in [0.1, 0.15) is 6.10 Å². The van der Waals surface area contributed by atoms with E-state index in [1.165, 1.54) is 5.56 Å². The zero-order chi connectivity index (χ0) is 18.0. The van der Waals surface area contributed by atoms with Crippen LogP contribution < -0.4 is 0 Å². The summed E-state index contributed by atoms with van der Waals surface area (Å²) in [6, 6.07) is 8.12. The second-order valence-electron chi connectivity index (χ2n) is 7.52. The molecule has 25 heavy (non-hydrogen) atoms. The van der Waals surface area contributed by atoms with Gasteiger partial charge in [-0.15, -0.1) is 10.2 Å². The van der Waals surface area contributed by atoms with Gasteiger partial charge in [0, 0.05) is 19.2 Å². The van der Waals surface area contributed by atoms with Gasteiger partial charge < -0.3 is 14.1 Å². The lowest BCUT2D eigenvalue weighted by Crippen LogP contribution is -2.35. The molecule has 6 nitrogen and oxygen atoms in total. The van der Waals surface area contributed by atoms with Gasteiger partial charge in [-0.25, -0.2) is 0 Å². The van der Waals surface area contributed by atoms with Crippen LogP contribution >= 0.6 is 0 Å². The third-order valence-corrected chi connectivity index (χ3v) is 4.42. The number of hydrogen-bond donors (Lipinski definition) is 0. The van der Waals surface area contributed by atoms with E-state index in [9.17, 15) is 4.79 Å². The summed E-state index contributed by atoms with van der Waals surface area (Å²) in [4.78, 5) is 13.8. The molecule has 1 fully saturated rings. The summed E-state index contributed by atoms with van der Waals surface area (Å²) in [5.41, 5.74) is 2.22. The molecule has 2 heterocycles. The van der Waals surface area contributed by atoms with Crippen molar-refractivity contribution in [2.75, 3.05) is 13.7 Å². The van der Waals surface area contributed by atoms with Gasteiger partial charge in [0.25, 0.3) is 5.91 Å². The molecule has 0 bridgehead atoms. The first-order valence-corrected chi connectivity index (χ1v) is 8.64. The lowest BCUT2D eigenvalue weighted by molar-refractivity contribution is -0.140. The molecule has 1 atom stereocenters. The van der Waals surface area contributed by atoms with E-state index < -0.39 is 0 Å². The van der Waals surface area contributed by atoms with Crippen molar-refractivity contribution >= 4 is 5.91 Å². The fraction of sp³-hybridized carbons (Fsp3) is 0.526. The first-order chi connectivity index (χ1) is 11.8. The standard InChI is InChI=1S/C19H25N3O3/c1-19(2,3)14-9-7-13(8-10-14)17-21-20-16(25-17)12-22(4)18(23)15-6-5-11-24-15/h7-10,15H,5-6,11-12H2,1-4H3/t15-/m1/s1. The van der Waals surface area contributed by atoms with Crippen molar-refractivity contribution < 1.29 is 13.9 Å². The molecular formula is C19H25N3O3. The fourth-order valence-corrected chi connectivity index (χ4v) is 2.85. The number of carbonyl (C=O) groups is 1. The summed E-state index contributed by atoms with van der Waals surface area (Å²) in [5, 5.41) is 8.16. The van der Waals surface area contributed by atoms with Crippen molar-refractivity contribution in [2.45, 2.75) is 51.7 Å². The van der Waals surface area contributed by atoms with E-state index in [0.717, 1.165) is 18.4 Å². The van der Waals surface area contributed by atoms with Gasteiger partial charge in [0.05, 0.1) is 6.54 Å². The van der Waals surface area contributed by atoms with Crippen LogP contribution in [-0.4, -0.2) is 40.8 Å². The molecule has 134 valence electrons. The Labute approximate surface area is 148 Å². The maximum absolute atomic E-state index is 12.3. The van der Waals surface area contributed by atoms with E-state index >= 15 is 0 Å². The number of carbonyl (C=O) groups excluding carboxylic acids is 1. The summed E-state index contributed by atoms with van der Waals surface area (Å²) >= 11 is 0. The van der Waals surface area contributed by atoms with Crippen molar-refractivity contribution in [2.24, 2.45) is 0 Å². The predicted molar refractivity (Wildman–Crippen MR) is 93.9 cm³/mol. The molecule has 6 heteroatoms. The number of amides is 1. The molecule has 1 aromatic heterocycles. The minimum absolute atomic E-state index is 0.0354. The van der Waals surface area contributed by atoms with Gasteiger partial charge in [-0.3, -0.25) is 4.79 Å². The van der Waals surface area contributed by atoms with E-state index in [-0.39, 0.29) is 24.0 Å². The third-order valence-electron chi connectivity index (χ3n) is 4.42. The molecule has 0 unspecified atom stereocenters. The van der Waals surface area contributed by atoms with Crippen molar-refractivity contribution in [1.82, 2.24) is 15.1 Å². The Balaban J connectivity index is 1.66. The molecule has 2 aromatic rings. The second kappa shape index (κ2) is 6.96. The molecule has 1 amide bonds. The van der Waals surface area contributed by atoms with Gasteiger partial charge in [-0.05, 0) is 36.0 Å². The molecule has 1 aromatic carbocycles. The zero-order valence-electron chi connectivity index (χ0n) is 15.3. The Bertz CT molecular complexity index is 725. The number of hydrogen-bond acceptors (Lipinski definition) is 5. The van der Waals surface area contributed by atoms with E-state index in [1.54, 1.807) is 11.9 Å². The van der Waals surface area contributed by atoms with Crippen LogP contribution in [0.3, 0.4) is 0 Å². The summed E-state index contributed by atoms with van der Waals surface area (Å²) in [7, 11) is 1.73. The number of rotatable bonds is 4. The van der Waals surface area contributed by atoms with Gasteiger partial charge >= 0.3 is 0 Å². The quantitative estimate of drug-likeness (QED) is 0.853. The number of ether oxygens (including phenoxy) is 1. The number of aromatic nitrogens is 2. The van der Waals surface area contributed by atoms with Gasteiger partial charge in [0.2, 0.25) is 11.8 Å². The van der Waals surface area contributed by atoms with Crippen LogP contribution in [0.2, 0.25) is 0 Å². The molecule has 1 aliphatic heterocycles. The van der Waals surface area contributed by atoms with Crippen molar-refractivity contribution in [3.63, 3.8) is 0 Å². The SMILES string of the molecule is CN(Cc1nnc(-c2ccc(C(C)(C)C)cc2)o1)C(=O)[C@H]1CCCO1. The first kappa shape index (κ1) is 17.6. The van der Waals surface area contributed by atoms with Crippen LogP contribution in [0.5, 0.6) is 0 Å². The highest BCUT2D eigenvalue weighted by molar-refractivity contribution is 5.80. The fourth-order valence-electron chi connectivity index (χ4n) is 2.85. The number of likely N-dealkylation sites (N-methyl/N-ethyl adjacent to an activating group) is 1. The minimum atomic E-state index is -0.336. The van der Waals surface area contributed by atoms with Gasteiger partial charge in [0.15, 0.2) is 0 Å². The highest BCUT2D eigenvalue weighted by Crippen LogP contribution is 2.25. The van der Waals surface area contributed by atoms with E-state index in [4.69, 9.17) is 9.15 Å². The van der Waals surface area contributed by atoms with Gasteiger partial charge in [-0.1, -0.05) is 32.9 Å². The molecule has 0 spiro atoms. The molecule has 0 saturated carbocycles. The zero-order valence-corrected chi connectivity index (χ0v) is 15.3. The molecular weight excluding hydrogens is 318 g/mol. The molecule has 3 rings (SSSR count). The topological polar surface area (TPSA) is 68.5 Å². The van der Waals surface area contributed by atoms with Crippen LogP contribution in [0, 0.1) is 0 Å². The minimum Gasteiger partial charge on any atom is -0.419 e. The average molecular weight is 343 g/mol. The summed E-state index contributed by atoms with van der Waals surface area (Å²) in [6.07, 6.45) is 1.37. The van der Waals surface area contributed by atoms with Crippen LogP contribution in [-0.2, 0) is 21.5 Å². The number of benzene rings is 1. The van der Waals surface area contributed by atoms with Crippen molar-refractivity contribution in [3.05, 3.63) is 35.7 Å². The summed E-state index contributed by atoms with van der Waals surface area (Å²) in [6.45, 7) is 7.46. The van der Waals surface area contributed by atoms with E-state index in [0.29, 0.717) is 18.4 Å². The van der Waals surface area contributed by atoms with Crippen LogP contribution in [0.15, 0.2) is 28.7 Å². The lowest BCUT2D eigenvalue weighted by Gasteiger charge is -2.19. The van der Waals surface area contributed by atoms with E-state index in [2.05, 4.69) is 43.1 Å². The Morgan fingerprint density at radius 1 is 1.24 bits per heavy atom. The Hall–Kier alpha value is -2.21. The first-order valence-electron chi connectivity index (χ1n) is 8.64. The lowest BCUT2D eigenvalue weighted by atomic mass is 9.87. The van der Waals surface area contributed by atoms with Crippen molar-refractivity contribution in [3.8, 4) is 11.5 Å². The summed E-state index contributed by atoms with van der Waals surface area (Å²) in [5.74, 6) is 0.851. The molecule has 1 saturated heterocycles. The smallest absolute Gasteiger partial charge is 0.251 e. The second-order valence-corrected chi connectivity index (χ2v) is 7.52. The monoisotopic (exact) mass is 343 g/mol. The Morgan fingerprint density at radius 2 is 1.96 bits per heavy atom. The van der Waals surface area contributed by atoms with Crippen LogP contribution in [0.1, 0.15) is 45.1 Å². The van der Waals surface area contributed by atoms with Crippen molar-refractivity contribution in [1.29, 1.82) is 0 Å².